The fourth-order valence-corrected chi connectivity index (χ4v) is 2.66. The Bertz CT molecular complexity index is 368. The standard InChI is InChI=1S/C7H10O6S3.C4H10O2S/c8-2(9)1-7(16,3(14)5(10)11)4(15)6(12)13;5-1-3-7-4-2-6/h3-4,14-16H,1H2,(H,8,9)(H,10,11)(H,12,13);5-6H,1-4H2. The van der Waals surface area contributed by atoms with Crippen LogP contribution in [0.15, 0.2) is 0 Å². The molecule has 0 amide bonds. The number of aliphatic hydroxyl groups excluding tert-OH is 2. The van der Waals surface area contributed by atoms with Crippen LogP contribution in [0.25, 0.3) is 0 Å². The summed E-state index contributed by atoms with van der Waals surface area (Å²) in [5, 5.41) is 39.3. The minimum Gasteiger partial charge on any atom is -0.481 e. The number of thiol groups is 3. The summed E-state index contributed by atoms with van der Waals surface area (Å²) >= 11 is 12.7. The van der Waals surface area contributed by atoms with Gasteiger partial charge in [0, 0.05) is 11.5 Å². The van der Waals surface area contributed by atoms with Gasteiger partial charge in [-0.3, -0.25) is 14.4 Å². The van der Waals surface area contributed by atoms with Gasteiger partial charge in [-0.2, -0.15) is 49.6 Å². The van der Waals surface area contributed by atoms with Crippen molar-refractivity contribution in [2.24, 2.45) is 0 Å². The Balaban J connectivity index is 0. The van der Waals surface area contributed by atoms with Crippen molar-refractivity contribution >= 4 is 67.6 Å². The Hall–Kier alpha value is -0.270. The molecule has 0 fully saturated rings. The van der Waals surface area contributed by atoms with E-state index in [1.807, 2.05) is 0 Å². The number of rotatable bonds is 10. The number of aliphatic carboxylic acids is 3. The first-order chi connectivity index (χ1) is 10.5. The van der Waals surface area contributed by atoms with E-state index in [0.717, 1.165) is 11.5 Å². The zero-order valence-corrected chi connectivity index (χ0v) is 15.4. The number of carboxylic acids is 3. The summed E-state index contributed by atoms with van der Waals surface area (Å²) in [4.78, 5) is 32.0. The number of thioether (sulfide) groups is 1. The third-order valence-electron chi connectivity index (χ3n) is 2.32. The van der Waals surface area contributed by atoms with Gasteiger partial charge in [-0.15, -0.1) is 0 Å². The molecule has 8 nitrogen and oxygen atoms in total. The van der Waals surface area contributed by atoms with E-state index in [9.17, 15) is 14.4 Å². The van der Waals surface area contributed by atoms with Gasteiger partial charge in [-0.1, -0.05) is 0 Å². The van der Waals surface area contributed by atoms with Gasteiger partial charge >= 0.3 is 17.9 Å². The third kappa shape index (κ3) is 10.2. The lowest BCUT2D eigenvalue weighted by Crippen LogP contribution is -2.50. The van der Waals surface area contributed by atoms with Crippen molar-refractivity contribution in [3.05, 3.63) is 0 Å². The van der Waals surface area contributed by atoms with Crippen LogP contribution in [0.2, 0.25) is 0 Å². The van der Waals surface area contributed by atoms with E-state index in [0.29, 0.717) is 0 Å². The zero-order chi connectivity index (χ0) is 18.6. The number of carbonyl (C=O) groups is 3. The maximum atomic E-state index is 10.7. The van der Waals surface area contributed by atoms with E-state index in [2.05, 4.69) is 37.9 Å². The Morgan fingerprint density at radius 1 is 0.913 bits per heavy atom. The molecule has 0 aromatic heterocycles. The Labute approximate surface area is 153 Å². The van der Waals surface area contributed by atoms with Gasteiger partial charge in [0.25, 0.3) is 0 Å². The first-order valence-electron chi connectivity index (χ1n) is 6.09. The summed E-state index contributed by atoms with van der Waals surface area (Å²) < 4.78 is -1.89. The zero-order valence-electron chi connectivity index (χ0n) is 11.9. The number of carboxylic acid groups (broad SMARTS) is 3. The van der Waals surface area contributed by atoms with Gasteiger partial charge < -0.3 is 25.5 Å². The van der Waals surface area contributed by atoms with Crippen LogP contribution in [0.4, 0.5) is 0 Å². The molecule has 0 rings (SSSR count). The maximum absolute atomic E-state index is 10.7. The molecule has 136 valence electrons. The Kier molecular flexibility index (Phi) is 14.2. The van der Waals surface area contributed by atoms with Gasteiger partial charge in [-0.05, 0) is 0 Å². The monoisotopic (exact) mass is 408 g/mol. The van der Waals surface area contributed by atoms with Crippen LogP contribution in [0.1, 0.15) is 6.42 Å². The third-order valence-corrected chi connectivity index (χ3v) is 5.71. The average Bonchev–Trinajstić information content (AvgIpc) is 2.45. The molecule has 0 aromatic carbocycles. The lowest BCUT2D eigenvalue weighted by molar-refractivity contribution is -0.140. The summed E-state index contributed by atoms with van der Waals surface area (Å²) in [7, 11) is 0. The molecule has 12 heteroatoms. The van der Waals surface area contributed by atoms with E-state index < -0.39 is 39.6 Å². The van der Waals surface area contributed by atoms with Gasteiger partial charge in [-0.25, -0.2) is 0 Å². The topological polar surface area (TPSA) is 152 Å². The minimum atomic E-state index is -1.89. The maximum Gasteiger partial charge on any atom is 0.317 e. The van der Waals surface area contributed by atoms with Crippen molar-refractivity contribution in [3.8, 4) is 0 Å². The average molecular weight is 409 g/mol. The first kappa shape index (κ1) is 25.0. The Morgan fingerprint density at radius 3 is 1.48 bits per heavy atom. The largest absolute Gasteiger partial charge is 0.481 e. The summed E-state index contributed by atoms with van der Waals surface area (Å²) in [6, 6.07) is 0. The predicted molar refractivity (Wildman–Crippen MR) is 96.3 cm³/mol. The predicted octanol–water partition coefficient (Wildman–Crippen LogP) is -0.400. The molecule has 2 atom stereocenters. The fourth-order valence-electron chi connectivity index (χ4n) is 1.24. The molecule has 0 spiro atoms. The van der Waals surface area contributed by atoms with Crippen molar-refractivity contribution in [2.45, 2.75) is 21.7 Å². The van der Waals surface area contributed by atoms with E-state index >= 15 is 0 Å². The molecule has 0 aromatic rings. The van der Waals surface area contributed by atoms with Gasteiger partial charge in [0.05, 0.1) is 24.4 Å². The van der Waals surface area contributed by atoms with Crippen molar-refractivity contribution < 1.29 is 39.9 Å². The van der Waals surface area contributed by atoms with E-state index in [4.69, 9.17) is 25.5 Å². The second-order valence-electron chi connectivity index (χ2n) is 4.10. The second-order valence-corrected chi connectivity index (χ2v) is 7.19. The van der Waals surface area contributed by atoms with Gasteiger partial charge in [0.1, 0.15) is 10.5 Å². The van der Waals surface area contributed by atoms with Crippen LogP contribution < -0.4 is 0 Å². The molecule has 0 aliphatic carbocycles. The van der Waals surface area contributed by atoms with Crippen LogP contribution in [0, 0.1) is 0 Å². The minimum absolute atomic E-state index is 0.213. The normalized spacial score (nSPS) is 15.5. The summed E-state index contributed by atoms with van der Waals surface area (Å²) in [5.74, 6) is -2.82. The molecule has 23 heavy (non-hydrogen) atoms. The highest BCUT2D eigenvalue weighted by molar-refractivity contribution is 7.99. The lowest BCUT2D eigenvalue weighted by Gasteiger charge is -2.32. The van der Waals surface area contributed by atoms with Crippen LogP contribution in [0.3, 0.4) is 0 Å². The Morgan fingerprint density at radius 2 is 1.26 bits per heavy atom. The molecular weight excluding hydrogens is 388 g/mol. The fraction of sp³-hybridized carbons (Fsp3) is 0.727. The van der Waals surface area contributed by atoms with Crippen LogP contribution in [-0.2, 0) is 14.4 Å². The highest BCUT2D eigenvalue weighted by Crippen LogP contribution is 2.35. The lowest BCUT2D eigenvalue weighted by atomic mass is 9.95. The quantitative estimate of drug-likeness (QED) is 0.178. The number of aliphatic hydroxyl groups is 2. The number of hydrogen-bond acceptors (Lipinski definition) is 9. The molecule has 0 saturated heterocycles. The molecule has 5 N–H and O–H groups in total. The molecule has 0 saturated carbocycles. The van der Waals surface area contributed by atoms with E-state index in [1.54, 1.807) is 11.8 Å². The SMILES string of the molecule is O=C(O)CC(S)(C(S)C(=O)O)C(S)C(=O)O.OCCSCCO. The summed E-state index contributed by atoms with van der Waals surface area (Å²) in [6.07, 6.45) is -0.781. The number of hydrogen-bond donors (Lipinski definition) is 8. The molecule has 0 radical (unpaired) electrons. The van der Waals surface area contributed by atoms with Gasteiger partial charge in [0.2, 0.25) is 0 Å². The molecule has 0 heterocycles. The molecule has 0 aliphatic rings. The molecule has 0 aliphatic heterocycles. The highest BCUT2D eigenvalue weighted by atomic mass is 32.2. The first-order valence-corrected chi connectivity index (χ1v) is 8.73. The smallest absolute Gasteiger partial charge is 0.317 e. The summed E-state index contributed by atoms with van der Waals surface area (Å²) in [6.45, 7) is 0.426. The van der Waals surface area contributed by atoms with Crippen molar-refractivity contribution in [2.75, 3.05) is 24.7 Å². The van der Waals surface area contributed by atoms with Crippen LogP contribution in [0.5, 0.6) is 0 Å². The molecular formula is C11H20O8S4. The van der Waals surface area contributed by atoms with Gasteiger partial charge in [0.15, 0.2) is 0 Å². The van der Waals surface area contributed by atoms with E-state index in [1.165, 1.54) is 0 Å². The van der Waals surface area contributed by atoms with Crippen molar-refractivity contribution in [1.29, 1.82) is 0 Å². The molecule has 2 unspecified atom stereocenters. The second kappa shape index (κ2) is 13.1. The molecule has 0 bridgehead atoms. The van der Waals surface area contributed by atoms with Crippen molar-refractivity contribution in [1.82, 2.24) is 0 Å². The van der Waals surface area contributed by atoms with Crippen LogP contribution in [-0.4, -0.2) is 83.4 Å². The highest BCUT2D eigenvalue weighted by Gasteiger charge is 2.48. The summed E-state index contributed by atoms with van der Waals surface area (Å²) in [5.41, 5.74) is 0. The van der Waals surface area contributed by atoms with Crippen molar-refractivity contribution in [3.63, 3.8) is 0 Å². The van der Waals surface area contributed by atoms with E-state index in [-0.39, 0.29) is 13.2 Å². The van der Waals surface area contributed by atoms with Crippen LogP contribution >= 0.6 is 49.6 Å².